The predicted octanol–water partition coefficient (Wildman–Crippen LogP) is 6.68. The van der Waals surface area contributed by atoms with Crippen molar-refractivity contribution in [1.82, 2.24) is 10.3 Å². The van der Waals surface area contributed by atoms with Crippen molar-refractivity contribution in [3.63, 3.8) is 0 Å². The summed E-state index contributed by atoms with van der Waals surface area (Å²) in [5.41, 5.74) is 2.40. The molecular weight excluding hydrogens is 566 g/mol. The monoisotopic (exact) mass is 591 g/mol. The Balaban J connectivity index is 1.56. The molecule has 0 aliphatic carbocycles. The Bertz CT molecular complexity index is 1630. The number of nitrogens with one attached hydrogen (secondary N) is 2. The van der Waals surface area contributed by atoms with E-state index in [-0.39, 0.29) is 23.6 Å². The molecule has 41 heavy (non-hydrogen) atoms. The number of halogens is 1. The highest BCUT2D eigenvalue weighted by Crippen LogP contribution is 2.45. The maximum Gasteiger partial charge on any atom is 0.273 e. The number of amides is 1. The Hall–Kier alpha value is -4.48. The van der Waals surface area contributed by atoms with Crippen LogP contribution in [0.25, 0.3) is 11.3 Å². The zero-order valence-corrected chi connectivity index (χ0v) is 23.9. The first kappa shape index (κ1) is 28.1. The number of hydrogen-bond donors (Lipinski definition) is 2. The van der Waals surface area contributed by atoms with Crippen LogP contribution in [0.5, 0.6) is 5.75 Å². The van der Waals surface area contributed by atoms with Crippen LogP contribution in [0.1, 0.15) is 37.4 Å². The molecule has 2 N–H and O–H groups in total. The summed E-state index contributed by atoms with van der Waals surface area (Å²) < 4.78 is 11.8. The van der Waals surface area contributed by atoms with Crippen molar-refractivity contribution in [1.29, 1.82) is 0 Å². The molecule has 4 aromatic rings. The standard InChI is InChI=1S/C29H26ClN5O5S/c1-16(2)28(36)32-21-10-8-17(14-20(21)30)34-27(26(33-29(34)41)22-6-4-5-13-31-22)24-12-11-23(40-24)19-9-7-18(35(37)38)15-25(19)39-3/h4-16,26-27H,1-3H3,(H,32,36)(H,33,41)/t26-,27-/m1/s1. The average molecular weight is 592 g/mol. The third-order valence-electron chi connectivity index (χ3n) is 6.69. The molecule has 2 aromatic carbocycles. The number of non-ortho nitro benzene ring substituents is 1. The molecule has 210 valence electrons. The molecule has 10 nitrogen and oxygen atoms in total. The van der Waals surface area contributed by atoms with E-state index in [9.17, 15) is 14.9 Å². The fraction of sp³-hybridized carbons (Fsp3) is 0.207. The van der Waals surface area contributed by atoms with Crippen molar-refractivity contribution < 1.29 is 18.9 Å². The zero-order valence-electron chi connectivity index (χ0n) is 22.3. The van der Waals surface area contributed by atoms with Gasteiger partial charge in [-0.1, -0.05) is 31.5 Å². The number of aromatic nitrogens is 1. The second-order valence-corrected chi connectivity index (χ2v) is 10.4. The van der Waals surface area contributed by atoms with Gasteiger partial charge in [0, 0.05) is 23.9 Å². The van der Waals surface area contributed by atoms with Crippen LogP contribution in [0.2, 0.25) is 5.02 Å². The number of carbonyl (C=O) groups excluding carboxylic acids is 1. The van der Waals surface area contributed by atoms with Gasteiger partial charge in [0.2, 0.25) is 5.91 Å². The summed E-state index contributed by atoms with van der Waals surface area (Å²) in [5.74, 6) is 0.998. The minimum absolute atomic E-state index is 0.0889. The highest BCUT2D eigenvalue weighted by atomic mass is 35.5. The number of pyridine rings is 1. The van der Waals surface area contributed by atoms with Gasteiger partial charge in [-0.05, 0) is 60.7 Å². The maximum atomic E-state index is 12.2. The normalized spacial score (nSPS) is 16.5. The van der Waals surface area contributed by atoms with E-state index in [0.29, 0.717) is 44.3 Å². The average Bonchev–Trinajstić information content (AvgIpc) is 3.58. The predicted molar refractivity (Wildman–Crippen MR) is 160 cm³/mol. The topological polar surface area (TPSA) is 123 Å². The van der Waals surface area contributed by atoms with Crippen molar-refractivity contribution in [2.24, 2.45) is 5.92 Å². The molecular formula is C29H26ClN5O5S. The molecule has 3 heterocycles. The van der Waals surface area contributed by atoms with Gasteiger partial charge in [-0.3, -0.25) is 19.9 Å². The highest BCUT2D eigenvalue weighted by molar-refractivity contribution is 7.80. The number of furan rings is 1. The van der Waals surface area contributed by atoms with Crippen LogP contribution in [0.15, 0.2) is 77.3 Å². The first-order valence-electron chi connectivity index (χ1n) is 12.7. The Kier molecular flexibility index (Phi) is 7.91. The van der Waals surface area contributed by atoms with E-state index in [4.69, 9.17) is 33.0 Å². The summed E-state index contributed by atoms with van der Waals surface area (Å²) in [4.78, 5) is 29.5. The van der Waals surface area contributed by atoms with Crippen LogP contribution in [-0.2, 0) is 4.79 Å². The van der Waals surface area contributed by atoms with Gasteiger partial charge >= 0.3 is 0 Å². The van der Waals surface area contributed by atoms with E-state index in [1.165, 1.54) is 19.2 Å². The summed E-state index contributed by atoms with van der Waals surface area (Å²) in [7, 11) is 1.45. The molecule has 0 spiro atoms. The van der Waals surface area contributed by atoms with Crippen LogP contribution in [0.4, 0.5) is 17.1 Å². The van der Waals surface area contributed by atoms with Crippen LogP contribution in [0, 0.1) is 16.0 Å². The van der Waals surface area contributed by atoms with E-state index in [2.05, 4.69) is 15.6 Å². The quantitative estimate of drug-likeness (QED) is 0.131. The van der Waals surface area contributed by atoms with Gasteiger partial charge in [0.25, 0.3) is 5.69 Å². The van der Waals surface area contributed by atoms with E-state index >= 15 is 0 Å². The van der Waals surface area contributed by atoms with E-state index in [1.54, 1.807) is 44.3 Å². The molecule has 1 fully saturated rings. The van der Waals surface area contributed by atoms with Gasteiger partial charge in [-0.25, -0.2) is 0 Å². The fourth-order valence-corrected chi connectivity index (χ4v) is 5.18. The second kappa shape index (κ2) is 11.6. The highest BCUT2D eigenvalue weighted by Gasteiger charge is 2.43. The van der Waals surface area contributed by atoms with Crippen LogP contribution in [-0.4, -0.2) is 28.0 Å². The number of nitrogens with zero attached hydrogens (tertiary/aromatic N) is 3. The summed E-state index contributed by atoms with van der Waals surface area (Å²) in [6.07, 6.45) is 1.71. The smallest absolute Gasteiger partial charge is 0.273 e. The van der Waals surface area contributed by atoms with E-state index < -0.39 is 11.0 Å². The maximum absolute atomic E-state index is 12.2. The molecule has 1 aliphatic heterocycles. The lowest BCUT2D eigenvalue weighted by Crippen LogP contribution is -2.29. The van der Waals surface area contributed by atoms with Gasteiger partial charge in [0.1, 0.15) is 23.3 Å². The summed E-state index contributed by atoms with van der Waals surface area (Å²) in [6, 6.07) is 18.0. The lowest BCUT2D eigenvalue weighted by Gasteiger charge is -2.26. The number of carbonyl (C=O) groups is 1. The lowest BCUT2D eigenvalue weighted by molar-refractivity contribution is -0.384. The van der Waals surface area contributed by atoms with Crippen molar-refractivity contribution in [3.05, 3.63) is 99.5 Å². The lowest BCUT2D eigenvalue weighted by atomic mass is 10.0. The number of thiocarbonyl (C=S) groups is 1. The van der Waals surface area contributed by atoms with Gasteiger partial charge in [0.15, 0.2) is 5.11 Å². The number of rotatable bonds is 8. The third kappa shape index (κ3) is 5.59. The minimum atomic E-state index is -0.481. The van der Waals surface area contributed by atoms with Crippen molar-refractivity contribution >= 4 is 51.9 Å². The Morgan fingerprint density at radius 3 is 2.66 bits per heavy atom. The Labute approximate surface area is 246 Å². The molecule has 12 heteroatoms. The van der Waals surface area contributed by atoms with Crippen LogP contribution < -0.4 is 20.3 Å². The van der Waals surface area contributed by atoms with E-state index in [0.717, 1.165) is 5.69 Å². The Morgan fingerprint density at radius 2 is 2.00 bits per heavy atom. The number of nitro groups is 1. The first-order chi connectivity index (χ1) is 19.7. The molecule has 1 saturated heterocycles. The zero-order chi connectivity index (χ0) is 29.3. The minimum Gasteiger partial charge on any atom is -0.496 e. The van der Waals surface area contributed by atoms with Crippen molar-refractivity contribution in [2.45, 2.75) is 25.9 Å². The Morgan fingerprint density at radius 1 is 1.20 bits per heavy atom. The molecule has 2 atom stereocenters. The summed E-state index contributed by atoms with van der Waals surface area (Å²) >= 11 is 12.4. The van der Waals surface area contributed by atoms with Gasteiger partial charge in [-0.15, -0.1) is 0 Å². The number of methoxy groups -OCH3 is 1. The fourth-order valence-electron chi connectivity index (χ4n) is 4.61. The number of nitro benzene ring substituents is 1. The van der Waals surface area contributed by atoms with Gasteiger partial charge in [0.05, 0.1) is 46.1 Å². The molecule has 5 rings (SSSR count). The largest absolute Gasteiger partial charge is 0.496 e. The summed E-state index contributed by atoms with van der Waals surface area (Å²) in [6.45, 7) is 3.61. The first-order valence-corrected chi connectivity index (χ1v) is 13.5. The van der Waals surface area contributed by atoms with Gasteiger partial charge in [-0.2, -0.15) is 0 Å². The number of hydrogen-bond acceptors (Lipinski definition) is 7. The number of ether oxygens (including phenoxy) is 1. The number of benzene rings is 2. The van der Waals surface area contributed by atoms with Crippen LogP contribution >= 0.6 is 23.8 Å². The van der Waals surface area contributed by atoms with Gasteiger partial charge < -0.3 is 24.7 Å². The molecule has 2 aromatic heterocycles. The molecule has 0 bridgehead atoms. The summed E-state index contributed by atoms with van der Waals surface area (Å²) in [5, 5.41) is 18.3. The SMILES string of the molecule is COc1cc([N+](=O)[O-])ccc1-c1ccc([C@@H]2[C@@H](c3ccccn3)NC(=S)N2c2ccc(NC(=O)C(C)C)c(Cl)c2)o1. The molecule has 1 amide bonds. The molecule has 1 aliphatic rings. The van der Waals surface area contributed by atoms with Crippen LogP contribution in [0.3, 0.4) is 0 Å². The van der Waals surface area contributed by atoms with Crippen molar-refractivity contribution in [3.8, 4) is 17.1 Å². The number of anilines is 2. The molecule has 0 saturated carbocycles. The third-order valence-corrected chi connectivity index (χ3v) is 7.32. The second-order valence-electron chi connectivity index (χ2n) is 9.65. The molecule has 0 radical (unpaired) electrons. The molecule has 0 unspecified atom stereocenters. The van der Waals surface area contributed by atoms with E-state index in [1.807, 2.05) is 35.2 Å². The van der Waals surface area contributed by atoms with Crippen molar-refractivity contribution in [2.75, 3.05) is 17.3 Å².